The Morgan fingerprint density at radius 2 is 0.823 bits per heavy atom. The number of nitrogens with zero attached hydrogens (tertiary/aromatic N) is 2. The second-order valence-corrected chi connectivity index (χ2v) is 16.4. The topological polar surface area (TPSA) is 35.0 Å². The number of aromatic nitrogens is 2. The second-order valence-electron chi connectivity index (χ2n) is 16.4. The first-order valence-corrected chi connectivity index (χ1v) is 21.2. The van der Waals surface area contributed by atoms with E-state index in [9.17, 15) is 0 Å². The molecule has 0 N–H and O–H groups in total. The number of hydrogen-bond acceptors (Lipinski definition) is 3. The van der Waals surface area contributed by atoms with Gasteiger partial charge in [-0.15, -0.1) is 0 Å². The molecule has 0 radical (unpaired) electrons. The zero-order chi connectivity index (χ0) is 40.8. The third kappa shape index (κ3) is 5.06. The highest BCUT2D eigenvalue weighted by atomic mass is 16.5. The van der Waals surface area contributed by atoms with E-state index >= 15 is 0 Å². The molecule has 13 rings (SSSR count). The van der Waals surface area contributed by atoms with Crippen molar-refractivity contribution < 1.29 is 4.74 Å². The van der Waals surface area contributed by atoms with Crippen LogP contribution < -0.4 is 4.74 Å². The summed E-state index contributed by atoms with van der Waals surface area (Å²) in [5, 5.41) is 5.60. The van der Waals surface area contributed by atoms with Crippen LogP contribution in [0.15, 0.2) is 218 Å². The summed E-state index contributed by atoms with van der Waals surface area (Å²) in [4.78, 5) is 10.3. The van der Waals surface area contributed by atoms with Crippen molar-refractivity contribution in [1.29, 1.82) is 0 Å². The van der Waals surface area contributed by atoms with Gasteiger partial charge >= 0.3 is 0 Å². The van der Waals surface area contributed by atoms with Crippen LogP contribution in [-0.2, 0) is 5.41 Å². The summed E-state index contributed by atoms with van der Waals surface area (Å²) in [5.41, 5.74) is 15.4. The number of ether oxygens (including phenoxy) is 1. The normalized spacial score (nSPS) is 13.1. The fourth-order valence-electron chi connectivity index (χ4n) is 10.3. The molecule has 1 aliphatic heterocycles. The fourth-order valence-corrected chi connectivity index (χ4v) is 10.3. The van der Waals surface area contributed by atoms with Crippen LogP contribution in [0.5, 0.6) is 11.5 Å². The smallest absolute Gasteiger partial charge is 0.160 e. The van der Waals surface area contributed by atoms with Gasteiger partial charge in [0.2, 0.25) is 0 Å². The molecule has 288 valence electrons. The molecule has 1 aromatic heterocycles. The molecular weight excluding hydrogens is 753 g/mol. The Bertz CT molecular complexity index is 3510. The molecule has 10 aromatic carbocycles. The van der Waals surface area contributed by atoms with E-state index in [1.54, 1.807) is 0 Å². The maximum atomic E-state index is 7.13. The van der Waals surface area contributed by atoms with Crippen molar-refractivity contribution in [2.24, 2.45) is 0 Å². The van der Waals surface area contributed by atoms with Crippen LogP contribution in [0.2, 0.25) is 0 Å². The summed E-state index contributed by atoms with van der Waals surface area (Å²) >= 11 is 0. The van der Waals surface area contributed by atoms with Gasteiger partial charge < -0.3 is 4.74 Å². The van der Waals surface area contributed by atoms with E-state index in [-0.39, 0.29) is 0 Å². The van der Waals surface area contributed by atoms with Gasteiger partial charge in [0.25, 0.3) is 0 Å². The first kappa shape index (κ1) is 34.7. The minimum absolute atomic E-state index is 0.571. The van der Waals surface area contributed by atoms with E-state index < -0.39 is 5.41 Å². The van der Waals surface area contributed by atoms with Gasteiger partial charge in [0.15, 0.2) is 5.82 Å². The van der Waals surface area contributed by atoms with Crippen LogP contribution in [-0.4, -0.2) is 9.97 Å². The lowest BCUT2D eigenvalue weighted by Crippen LogP contribution is -2.32. The molecule has 0 bridgehead atoms. The Balaban J connectivity index is 0.934. The summed E-state index contributed by atoms with van der Waals surface area (Å²) in [6, 6.07) is 78.5. The molecule has 0 saturated heterocycles. The van der Waals surface area contributed by atoms with Crippen LogP contribution in [0, 0.1) is 0 Å². The molecule has 62 heavy (non-hydrogen) atoms. The first-order valence-electron chi connectivity index (χ1n) is 21.2. The van der Waals surface area contributed by atoms with Crippen molar-refractivity contribution in [1.82, 2.24) is 9.97 Å². The van der Waals surface area contributed by atoms with Crippen LogP contribution in [0.4, 0.5) is 0 Å². The lowest BCUT2D eigenvalue weighted by Gasteiger charge is -2.40. The molecule has 2 heterocycles. The lowest BCUT2D eigenvalue weighted by atomic mass is 9.65. The van der Waals surface area contributed by atoms with Gasteiger partial charge in [-0.1, -0.05) is 206 Å². The van der Waals surface area contributed by atoms with Crippen molar-refractivity contribution >= 4 is 32.4 Å². The second kappa shape index (κ2) is 13.4. The van der Waals surface area contributed by atoms with Gasteiger partial charge in [-0.05, 0) is 67.4 Å². The number of fused-ring (bicyclic) bond motifs is 14. The molecule has 0 unspecified atom stereocenters. The van der Waals surface area contributed by atoms with E-state index in [0.717, 1.165) is 71.9 Å². The molecular formula is C59H36N2O. The predicted octanol–water partition coefficient (Wildman–Crippen LogP) is 15.1. The summed E-state index contributed by atoms with van der Waals surface area (Å²) in [7, 11) is 0. The summed E-state index contributed by atoms with van der Waals surface area (Å²) in [5.74, 6) is 2.56. The third-order valence-electron chi connectivity index (χ3n) is 13.2. The van der Waals surface area contributed by atoms with E-state index in [0.29, 0.717) is 5.82 Å². The molecule has 3 nitrogen and oxygen atoms in total. The zero-order valence-electron chi connectivity index (χ0n) is 33.6. The van der Waals surface area contributed by atoms with Crippen molar-refractivity contribution in [3.05, 3.63) is 241 Å². The number of rotatable bonds is 4. The maximum absolute atomic E-state index is 7.13. The molecule has 0 amide bonds. The summed E-state index contributed by atoms with van der Waals surface area (Å²) < 4.78 is 7.13. The molecule has 1 spiro atoms. The first-order chi connectivity index (χ1) is 30.7. The Hall–Kier alpha value is -8.14. The van der Waals surface area contributed by atoms with Crippen LogP contribution in [0.1, 0.15) is 22.3 Å². The van der Waals surface area contributed by atoms with Crippen molar-refractivity contribution in [3.63, 3.8) is 0 Å². The zero-order valence-corrected chi connectivity index (χ0v) is 33.6. The summed E-state index contributed by atoms with van der Waals surface area (Å²) in [6.07, 6.45) is 0. The SMILES string of the molecule is c1ccc(-c2ccc(-c3nc(-c4ccc(-c5ccc6c(c5)-c5ccccc5C65c6ccc7ccccc7c6Oc6c5ccc5ccccc65)cc4)nc4ccccc34)cc2)cc1. The Morgan fingerprint density at radius 3 is 1.53 bits per heavy atom. The van der Waals surface area contributed by atoms with Gasteiger partial charge in [-0.2, -0.15) is 0 Å². The van der Waals surface area contributed by atoms with Crippen LogP contribution in [0.3, 0.4) is 0 Å². The average Bonchev–Trinajstić information content (AvgIpc) is 3.63. The Morgan fingerprint density at radius 1 is 0.323 bits per heavy atom. The molecule has 2 aliphatic rings. The lowest BCUT2D eigenvalue weighted by molar-refractivity contribution is 0.447. The van der Waals surface area contributed by atoms with Gasteiger partial charge in [0, 0.05) is 38.4 Å². The maximum Gasteiger partial charge on any atom is 0.160 e. The Labute approximate surface area is 359 Å². The minimum atomic E-state index is -0.571. The molecule has 0 saturated carbocycles. The van der Waals surface area contributed by atoms with Gasteiger partial charge in [0.1, 0.15) is 11.5 Å². The predicted molar refractivity (Wildman–Crippen MR) is 254 cm³/mol. The van der Waals surface area contributed by atoms with Crippen LogP contribution >= 0.6 is 0 Å². The van der Waals surface area contributed by atoms with E-state index in [1.807, 2.05) is 12.1 Å². The van der Waals surface area contributed by atoms with E-state index in [4.69, 9.17) is 14.7 Å². The molecule has 3 heteroatoms. The quantitative estimate of drug-likeness (QED) is 0.178. The highest BCUT2D eigenvalue weighted by Crippen LogP contribution is 2.64. The Kier molecular flexibility index (Phi) is 7.52. The monoisotopic (exact) mass is 788 g/mol. The highest BCUT2D eigenvalue weighted by Gasteiger charge is 2.51. The van der Waals surface area contributed by atoms with Gasteiger partial charge in [-0.3, -0.25) is 0 Å². The van der Waals surface area contributed by atoms with Gasteiger partial charge in [-0.25, -0.2) is 9.97 Å². The van der Waals surface area contributed by atoms with E-state index in [2.05, 4.69) is 206 Å². The van der Waals surface area contributed by atoms with Gasteiger partial charge in [0.05, 0.1) is 16.6 Å². The minimum Gasteiger partial charge on any atom is -0.455 e. The fraction of sp³-hybridized carbons (Fsp3) is 0.0169. The highest BCUT2D eigenvalue weighted by molar-refractivity contribution is 6.00. The number of para-hydroxylation sites is 1. The largest absolute Gasteiger partial charge is 0.455 e. The third-order valence-corrected chi connectivity index (χ3v) is 13.2. The van der Waals surface area contributed by atoms with Crippen molar-refractivity contribution in [2.45, 2.75) is 5.41 Å². The summed E-state index contributed by atoms with van der Waals surface area (Å²) in [6.45, 7) is 0. The van der Waals surface area contributed by atoms with E-state index in [1.165, 1.54) is 44.5 Å². The standard InChI is InChI=1S/C59H36N2O/c1-2-12-37(13-3-1)38-22-26-42(27-23-38)55-48-19-9-11-21-54(48)60-58(61-55)43-28-24-39(25-29-43)44-32-33-51-49(36-44)47-18-8-10-20-50(47)59(51)52-34-30-40-14-4-6-16-45(40)56(52)62-57-46-17-7-5-15-41(46)31-35-53(57)59/h1-36H. The average molecular weight is 789 g/mol. The van der Waals surface area contributed by atoms with Crippen LogP contribution in [0.25, 0.3) is 88.5 Å². The molecule has 0 atom stereocenters. The molecule has 11 aromatic rings. The van der Waals surface area contributed by atoms with Crippen molar-refractivity contribution in [2.75, 3.05) is 0 Å². The number of benzene rings is 10. The van der Waals surface area contributed by atoms with Crippen molar-refractivity contribution in [3.8, 4) is 67.5 Å². The number of hydrogen-bond donors (Lipinski definition) is 0. The molecule has 0 fully saturated rings. The molecule has 1 aliphatic carbocycles.